The van der Waals surface area contributed by atoms with Crippen LogP contribution in [0.25, 0.3) is 10.9 Å². The topological polar surface area (TPSA) is 111 Å². The van der Waals surface area contributed by atoms with Crippen LogP contribution in [0.15, 0.2) is 71.5 Å². The summed E-state index contributed by atoms with van der Waals surface area (Å²) in [7, 11) is 0. The molecule has 194 valence electrons. The molecule has 1 aliphatic carbocycles. The minimum Gasteiger partial charge on any atom is -0.489 e. The number of carbonyl (C=O) groups is 2. The van der Waals surface area contributed by atoms with Crippen molar-refractivity contribution in [1.82, 2.24) is 15.0 Å². The molecule has 3 atom stereocenters. The van der Waals surface area contributed by atoms with Gasteiger partial charge in [0.1, 0.15) is 17.9 Å². The molecule has 38 heavy (non-hydrogen) atoms. The molecule has 3 aromatic carbocycles. The number of carboxylic acid groups (broad SMARTS) is 1. The molecule has 3 unspecified atom stereocenters. The van der Waals surface area contributed by atoms with E-state index in [4.69, 9.17) is 16.3 Å². The summed E-state index contributed by atoms with van der Waals surface area (Å²) in [6, 6.07) is 19.4. The van der Waals surface area contributed by atoms with Crippen molar-refractivity contribution in [2.24, 2.45) is 17.8 Å². The van der Waals surface area contributed by atoms with Crippen molar-refractivity contribution >= 4 is 34.3 Å². The van der Waals surface area contributed by atoms with Gasteiger partial charge in [-0.15, -0.1) is 5.10 Å². The first-order valence-corrected chi connectivity index (χ1v) is 12.8. The van der Waals surface area contributed by atoms with Crippen LogP contribution in [-0.4, -0.2) is 31.9 Å². The molecule has 8 nitrogen and oxygen atoms in total. The number of aromatic nitrogens is 3. The third kappa shape index (κ3) is 5.31. The number of benzene rings is 3. The Bertz CT molecular complexity index is 1570. The van der Waals surface area contributed by atoms with Crippen LogP contribution in [0.3, 0.4) is 0 Å². The Morgan fingerprint density at radius 2 is 1.87 bits per heavy atom. The summed E-state index contributed by atoms with van der Waals surface area (Å²) in [4.78, 5) is 38.6. The summed E-state index contributed by atoms with van der Waals surface area (Å²) in [5.74, 6) is -2.73. The number of aliphatic carboxylic acids is 1. The molecule has 0 aliphatic heterocycles. The van der Waals surface area contributed by atoms with Crippen molar-refractivity contribution < 1.29 is 19.4 Å². The Kier molecular flexibility index (Phi) is 7.24. The number of nitrogens with zero attached hydrogens (tertiary/aromatic N) is 3. The fourth-order valence-corrected chi connectivity index (χ4v) is 5.42. The summed E-state index contributed by atoms with van der Waals surface area (Å²) in [5, 5.41) is 19.3. The van der Waals surface area contributed by atoms with E-state index in [2.05, 4.69) is 10.3 Å². The monoisotopic (exact) mass is 531 g/mol. The predicted octanol–water partition coefficient (Wildman–Crippen LogP) is 4.94. The van der Waals surface area contributed by atoms with Crippen molar-refractivity contribution in [3.05, 3.63) is 98.8 Å². The first-order valence-electron chi connectivity index (χ1n) is 12.4. The number of ketones is 1. The van der Waals surface area contributed by atoms with Crippen LogP contribution in [0.4, 0.5) is 0 Å². The van der Waals surface area contributed by atoms with E-state index >= 15 is 0 Å². The SMILES string of the molecule is Cc1ccc2nnn(CC3CCC(C(=O)c4ccc(OCc5cccc(Cl)c5)cc4)C3C(=O)O)c(=O)c2c1. The van der Waals surface area contributed by atoms with Crippen LogP contribution in [0, 0.1) is 24.7 Å². The molecule has 0 saturated heterocycles. The zero-order valence-corrected chi connectivity index (χ0v) is 21.5. The third-order valence-corrected chi connectivity index (χ3v) is 7.36. The van der Waals surface area contributed by atoms with E-state index in [1.807, 2.05) is 31.2 Å². The molecular weight excluding hydrogens is 506 g/mol. The first-order chi connectivity index (χ1) is 18.3. The Morgan fingerprint density at radius 1 is 1.08 bits per heavy atom. The Labute approximate surface area is 223 Å². The van der Waals surface area contributed by atoms with Gasteiger partial charge in [-0.1, -0.05) is 40.6 Å². The number of carboxylic acids is 1. The maximum Gasteiger partial charge on any atom is 0.307 e. The van der Waals surface area contributed by atoms with E-state index in [1.54, 1.807) is 42.5 Å². The Hall–Kier alpha value is -4.04. The number of Topliss-reactive ketones (excluding diaryl/α,β-unsaturated/α-hetero) is 1. The number of fused-ring (bicyclic) bond motifs is 1. The summed E-state index contributed by atoms with van der Waals surface area (Å²) in [6.45, 7) is 2.30. The number of halogens is 1. The van der Waals surface area contributed by atoms with Crippen LogP contribution >= 0.6 is 11.6 Å². The highest BCUT2D eigenvalue weighted by Crippen LogP contribution is 2.40. The van der Waals surface area contributed by atoms with Crippen molar-refractivity contribution in [2.45, 2.75) is 32.9 Å². The van der Waals surface area contributed by atoms with Gasteiger partial charge in [0.05, 0.1) is 17.8 Å². The summed E-state index contributed by atoms with van der Waals surface area (Å²) in [5.41, 5.74) is 2.45. The predicted molar refractivity (Wildman–Crippen MR) is 142 cm³/mol. The molecule has 4 aromatic rings. The summed E-state index contributed by atoms with van der Waals surface area (Å²) in [6.07, 6.45) is 0.913. The van der Waals surface area contributed by atoms with Gasteiger partial charge in [-0.25, -0.2) is 4.68 Å². The normalized spacial score (nSPS) is 18.9. The average Bonchev–Trinajstić information content (AvgIpc) is 3.33. The molecule has 1 aromatic heterocycles. The molecule has 5 rings (SSSR count). The Balaban J connectivity index is 1.29. The molecule has 0 radical (unpaired) electrons. The number of carbonyl (C=O) groups excluding carboxylic acids is 1. The summed E-state index contributed by atoms with van der Waals surface area (Å²) < 4.78 is 7.01. The number of ether oxygens (including phenoxy) is 1. The maximum absolute atomic E-state index is 13.4. The van der Waals surface area contributed by atoms with Gasteiger partial charge >= 0.3 is 5.97 Å². The lowest BCUT2D eigenvalue weighted by molar-refractivity contribution is -0.144. The largest absolute Gasteiger partial charge is 0.489 e. The highest BCUT2D eigenvalue weighted by molar-refractivity contribution is 6.30. The zero-order valence-electron chi connectivity index (χ0n) is 20.7. The van der Waals surface area contributed by atoms with Gasteiger partial charge in [-0.3, -0.25) is 14.4 Å². The number of hydrogen-bond acceptors (Lipinski definition) is 6. The van der Waals surface area contributed by atoms with Crippen LogP contribution in [0.1, 0.15) is 34.3 Å². The molecule has 0 bridgehead atoms. The van der Waals surface area contributed by atoms with Crippen LogP contribution in [-0.2, 0) is 17.9 Å². The van der Waals surface area contributed by atoms with E-state index in [0.29, 0.717) is 46.7 Å². The quantitative estimate of drug-likeness (QED) is 0.320. The fraction of sp³-hybridized carbons (Fsp3) is 0.276. The zero-order chi connectivity index (χ0) is 26.8. The second-order valence-electron chi connectivity index (χ2n) is 9.71. The molecular formula is C29H26ClN3O5. The van der Waals surface area contributed by atoms with E-state index in [1.165, 1.54) is 4.68 Å². The highest BCUT2D eigenvalue weighted by Gasteiger charge is 2.45. The lowest BCUT2D eigenvalue weighted by Crippen LogP contribution is -2.34. The molecule has 0 amide bonds. The van der Waals surface area contributed by atoms with Gasteiger partial charge in [-0.05, 0) is 79.8 Å². The van der Waals surface area contributed by atoms with Gasteiger partial charge in [0.2, 0.25) is 0 Å². The standard InChI is InChI=1S/C29H26ClN3O5/c1-17-5-12-25-24(13-17)28(35)33(32-31-25)15-20-8-11-23(26(20)29(36)37)27(34)19-6-9-22(10-7-19)38-16-18-3-2-4-21(30)14-18/h2-7,9-10,12-14,20,23,26H,8,11,15-16H2,1H3,(H,36,37). The smallest absolute Gasteiger partial charge is 0.307 e. The maximum atomic E-state index is 13.4. The van der Waals surface area contributed by atoms with E-state index < -0.39 is 23.7 Å². The van der Waals surface area contributed by atoms with Crippen molar-refractivity contribution in [1.29, 1.82) is 0 Å². The first kappa shape index (κ1) is 25.6. The number of aryl methyl sites for hydroxylation is 1. The third-order valence-electron chi connectivity index (χ3n) is 7.13. The molecule has 1 N–H and O–H groups in total. The summed E-state index contributed by atoms with van der Waals surface area (Å²) >= 11 is 6.01. The van der Waals surface area contributed by atoms with Crippen LogP contribution in [0.5, 0.6) is 5.75 Å². The molecule has 1 fully saturated rings. The van der Waals surface area contributed by atoms with E-state index in [9.17, 15) is 19.5 Å². The molecule has 0 spiro atoms. The molecule has 9 heteroatoms. The highest BCUT2D eigenvalue weighted by atomic mass is 35.5. The minimum absolute atomic E-state index is 0.0900. The van der Waals surface area contributed by atoms with Gasteiger partial charge in [0.15, 0.2) is 5.78 Å². The van der Waals surface area contributed by atoms with Gasteiger partial charge in [0, 0.05) is 16.5 Å². The minimum atomic E-state index is -1.05. The van der Waals surface area contributed by atoms with Crippen molar-refractivity contribution in [2.75, 3.05) is 0 Å². The van der Waals surface area contributed by atoms with Gasteiger partial charge in [0.25, 0.3) is 5.56 Å². The lowest BCUT2D eigenvalue weighted by atomic mass is 9.84. The van der Waals surface area contributed by atoms with Crippen molar-refractivity contribution in [3.63, 3.8) is 0 Å². The second kappa shape index (κ2) is 10.8. The van der Waals surface area contributed by atoms with Crippen molar-refractivity contribution in [3.8, 4) is 5.75 Å². The number of rotatable bonds is 8. The van der Waals surface area contributed by atoms with E-state index in [-0.39, 0.29) is 17.9 Å². The fourth-order valence-electron chi connectivity index (χ4n) is 5.21. The van der Waals surface area contributed by atoms with Gasteiger partial charge in [-0.2, -0.15) is 0 Å². The van der Waals surface area contributed by atoms with E-state index in [0.717, 1.165) is 11.1 Å². The molecule has 1 heterocycles. The average molecular weight is 532 g/mol. The van der Waals surface area contributed by atoms with Crippen LogP contribution < -0.4 is 10.3 Å². The lowest BCUT2D eigenvalue weighted by Gasteiger charge is -2.20. The second-order valence-corrected chi connectivity index (χ2v) is 10.1. The van der Waals surface area contributed by atoms with Gasteiger partial charge < -0.3 is 9.84 Å². The molecule has 1 aliphatic rings. The van der Waals surface area contributed by atoms with Crippen LogP contribution in [0.2, 0.25) is 5.02 Å². The number of hydrogen-bond donors (Lipinski definition) is 1. The molecule has 1 saturated carbocycles. The Morgan fingerprint density at radius 3 is 2.61 bits per heavy atom.